The number of nitrogens with zero attached hydrogens (tertiary/aromatic N) is 3. The molecule has 0 amide bonds. The highest BCUT2D eigenvalue weighted by atomic mass is 16.5. The van der Waals surface area contributed by atoms with Crippen molar-refractivity contribution in [1.29, 1.82) is 0 Å². The lowest BCUT2D eigenvalue weighted by Gasteiger charge is -2.26. The molecule has 3 aromatic rings. The molecule has 0 spiro atoms. The third kappa shape index (κ3) is 5.76. The van der Waals surface area contributed by atoms with Crippen LogP contribution in [0.25, 0.3) is 23.1 Å². The maximum atomic E-state index is 5.46. The Morgan fingerprint density at radius 3 is 2.41 bits per heavy atom. The summed E-state index contributed by atoms with van der Waals surface area (Å²) < 4.78 is 21.7. The molecular weight excluding hydrogens is 432 g/mol. The van der Waals surface area contributed by atoms with E-state index in [1.54, 1.807) is 21.3 Å². The lowest BCUT2D eigenvalue weighted by molar-refractivity contribution is 0.0378. The number of rotatable bonds is 10. The fraction of sp³-hybridized carbons (Fsp3) is 0.385. The van der Waals surface area contributed by atoms with Crippen molar-refractivity contribution in [3.63, 3.8) is 0 Å². The Bertz CT molecular complexity index is 1100. The second kappa shape index (κ2) is 11.7. The van der Waals surface area contributed by atoms with Gasteiger partial charge >= 0.3 is 0 Å². The van der Waals surface area contributed by atoms with Crippen LogP contribution in [0.15, 0.2) is 36.4 Å². The fourth-order valence-corrected chi connectivity index (χ4v) is 4.01. The molecular formula is C26H32N4O4. The average molecular weight is 465 g/mol. The minimum atomic E-state index is 0.563. The number of benzene rings is 2. The smallest absolute Gasteiger partial charge is 0.203 e. The van der Waals surface area contributed by atoms with E-state index in [4.69, 9.17) is 28.9 Å². The summed E-state index contributed by atoms with van der Waals surface area (Å²) >= 11 is 0. The summed E-state index contributed by atoms with van der Waals surface area (Å²) in [6.45, 7) is 5.55. The number of para-hydroxylation sites is 1. The second-order valence-electron chi connectivity index (χ2n) is 7.97. The first-order valence-electron chi connectivity index (χ1n) is 11.5. The van der Waals surface area contributed by atoms with Crippen LogP contribution in [0, 0.1) is 0 Å². The van der Waals surface area contributed by atoms with Gasteiger partial charge in [0.15, 0.2) is 17.3 Å². The van der Waals surface area contributed by atoms with Crippen molar-refractivity contribution in [2.75, 3.05) is 66.0 Å². The van der Waals surface area contributed by atoms with Crippen LogP contribution in [-0.2, 0) is 4.74 Å². The van der Waals surface area contributed by atoms with Crippen molar-refractivity contribution in [3.8, 4) is 17.2 Å². The summed E-state index contributed by atoms with van der Waals surface area (Å²) in [6, 6.07) is 11.8. The lowest BCUT2D eigenvalue weighted by atomic mass is 10.1. The summed E-state index contributed by atoms with van der Waals surface area (Å²) in [5, 5.41) is 4.53. The minimum absolute atomic E-state index is 0.563. The monoisotopic (exact) mass is 464 g/mol. The van der Waals surface area contributed by atoms with E-state index in [2.05, 4.69) is 10.2 Å². The van der Waals surface area contributed by atoms with Crippen LogP contribution in [-0.4, -0.2) is 75.6 Å². The second-order valence-corrected chi connectivity index (χ2v) is 7.97. The number of nitrogens with one attached hydrogen (secondary N) is 1. The van der Waals surface area contributed by atoms with Gasteiger partial charge in [-0.25, -0.2) is 9.97 Å². The summed E-state index contributed by atoms with van der Waals surface area (Å²) in [5.74, 6) is 3.24. The van der Waals surface area contributed by atoms with Crippen molar-refractivity contribution in [2.24, 2.45) is 0 Å². The molecule has 2 aromatic carbocycles. The molecule has 1 fully saturated rings. The van der Waals surface area contributed by atoms with E-state index in [1.807, 2.05) is 48.6 Å². The highest BCUT2D eigenvalue weighted by molar-refractivity contribution is 5.90. The number of anilines is 1. The largest absolute Gasteiger partial charge is 0.493 e. The van der Waals surface area contributed by atoms with E-state index >= 15 is 0 Å². The quantitative estimate of drug-likeness (QED) is 0.452. The summed E-state index contributed by atoms with van der Waals surface area (Å²) in [7, 11) is 4.80. The van der Waals surface area contributed by atoms with E-state index in [-0.39, 0.29) is 0 Å². The lowest BCUT2D eigenvalue weighted by Crippen LogP contribution is -2.37. The highest BCUT2D eigenvalue weighted by Crippen LogP contribution is 2.38. The number of methoxy groups -OCH3 is 3. The van der Waals surface area contributed by atoms with Gasteiger partial charge < -0.3 is 24.3 Å². The van der Waals surface area contributed by atoms with Crippen LogP contribution in [0.4, 0.5) is 5.82 Å². The SMILES string of the molecule is COc1cc(C=Cc2nc(NCCCN3CCOCC3)c3ccccc3n2)cc(OC)c1OC. The molecule has 2 heterocycles. The van der Waals surface area contributed by atoms with Crippen LogP contribution in [0.1, 0.15) is 17.8 Å². The van der Waals surface area contributed by atoms with E-state index in [1.165, 1.54) is 0 Å². The molecule has 1 N–H and O–H groups in total. The molecule has 8 nitrogen and oxygen atoms in total. The van der Waals surface area contributed by atoms with E-state index < -0.39 is 0 Å². The standard InChI is InChI=1S/C26H32N4O4/c1-31-22-17-19(18-23(32-2)25(22)33-3)9-10-24-28-21-8-5-4-7-20(21)26(29-24)27-11-6-12-30-13-15-34-16-14-30/h4-5,7-10,17-18H,6,11-16H2,1-3H3,(H,27,28,29). The average Bonchev–Trinajstić information content (AvgIpc) is 2.89. The molecule has 0 unspecified atom stereocenters. The first kappa shape index (κ1) is 23.8. The van der Waals surface area contributed by atoms with Crippen LogP contribution in [0.2, 0.25) is 0 Å². The van der Waals surface area contributed by atoms with Gasteiger partial charge in [-0.05, 0) is 48.9 Å². The van der Waals surface area contributed by atoms with E-state index in [0.29, 0.717) is 23.1 Å². The molecule has 34 heavy (non-hydrogen) atoms. The Kier molecular flexibility index (Phi) is 8.17. The molecule has 0 aliphatic carbocycles. The zero-order valence-corrected chi connectivity index (χ0v) is 20.0. The first-order valence-corrected chi connectivity index (χ1v) is 11.5. The molecule has 0 atom stereocenters. The third-order valence-corrected chi connectivity index (χ3v) is 5.78. The fourth-order valence-electron chi connectivity index (χ4n) is 4.01. The Labute approximate surface area is 200 Å². The van der Waals surface area contributed by atoms with E-state index in [0.717, 1.165) is 68.1 Å². The number of hydrogen-bond acceptors (Lipinski definition) is 8. The summed E-state index contributed by atoms with van der Waals surface area (Å²) in [5.41, 5.74) is 1.80. The molecule has 1 aromatic heterocycles. The van der Waals surface area contributed by atoms with Crippen molar-refractivity contribution in [3.05, 3.63) is 47.8 Å². The van der Waals surface area contributed by atoms with Crippen molar-refractivity contribution >= 4 is 28.9 Å². The van der Waals surface area contributed by atoms with Crippen LogP contribution >= 0.6 is 0 Å². The normalized spacial score (nSPS) is 14.4. The number of fused-ring (bicyclic) bond motifs is 1. The minimum Gasteiger partial charge on any atom is -0.493 e. The molecule has 1 saturated heterocycles. The Morgan fingerprint density at radius 1 is 0.971 bits per heavy atom. The zero-order valence-electron chi connectivity index (χ0n) is 20.0. The molecule has 0 saturated carbocycles. The molecule has 8 heteroatoms. The molecule has 180 valence electrons. The van der Waals surface area contributed by atoms with Gasteiger partial charge in [0.05, 0.1) is 40.1 Å². The zero-order chi connectivity index (χ0) is 23.8. The van der Waals surface area contributed by atoms with Gasteiger partial charge in [-0.2, -0.15) is 0 Å². The third-order valence-electron chi connectivity index (χ3n) is 5.78. The van der Waals surface area contributed by atoms with Gasteiger partial charge in [0.2, 0.25) is 5.75 Å². The molecule has 4 rings (SSSR count). The number of morpholine rings is 1. The summed E-state index contributed by atoms with van der Waals surface area (Å²) in [4.78, 5) is 12.0. The molecule has 1 aliphatic heterocycles. The van der Waals surface area contributed by atoms with Crippen LogP contribution in [0.5, 0.6) is 17.2 Å². The van der Waals surface area contributed by atoms with Gasteiger partial charge in [0.25, 0.3) is 0 Å². The number of aromatic nitrogens is 2. The Balaban J connectivity index is 1.52. The Hall–Kier alpha value is -3.36. The number of hydrogen-bond donors (Lipinski definition) is 1. The topological polar surface area (TPSA) is 78.0 Å². The van der Waals surface area contributed by atoms with Crippen molar-refractivity contribution in [1.82, 2.24) is 14.9 Å². The van der Waals surface area contributed by atoms with Crippen LogP contribution < -0.4 is 19.5 Å². The van der Waals surface area contributed by atoms with Gasteiger partial charge in [-0.3, -0.25) is 4.90 Å². The predicted octanol–water partition coefficient (Wildman–Crippen LogP) is 3.96. The molecule has 0 radical (unpaired) electrons. The van der Waals surface area contributed by atoms with Crippen molar-refractivity contribution in [2.45, 2.75) is 6.42 Å². The predicted molar refractivity (Wildman–Crippen MR) is 135 cm³/mol. The van der Waals surface area contributed by atoms with Crippen molar-refractivity contribution < 1.29 is 18.9 Å². The first-order chi connectivity index (χ1) is 16.7. The number of ether oxygens (including phenoxy) is 4. The summed E-state index contributed by atoms with van der Waals surface area (Å²) in [6.07, 6.45) is 4.87. The maximum Gasteiger partial charge on any atom is 0.203 e. The van der Waals surface area contributed by atoms with Gasteiger partial charge in [-0.15, -0.1) is 0 Å². The van der Waals surface area contributed by atoms with Gasteiger partial charge in [-0.1, -0.05) is 18.2 Å². The Morgan fingerprint density at radius 2 is 1.71 bits per heavy atom. The van der Waals surface area contributed by atoms with Gasteiger partial charge in [0, 0.05) is 25.0 Å². The van der Waals surface area contributed by atoms with Crippen LogP contribution in [0.3, 0.4) is 0 Å². The van der Waals surface area contributed by atoms with Gasteiger partial charge in [0.1, 0.15) is 5.82 Å². The highest BCUT2D eigenvalue weighted by Gasteiger charge is 2.13. The maximum absolute atomic E-state index is 5.46. The molecule has 1 aliphatic rings. The molecule has 0 bridgehead atoms. The van der Waals surface area contributed by atoms with E-state index in [9.17, 15) is 0 Å².